The second-order valence-corrected chi connectivity index (χ2v) is 5.19. The Balaban J connectivity index is 2.60. The third kappa shape index (κ3) is 2.90. The Kier molecular flexibility index (Phi) is 4.90. The highest BCUT2D eigenvalue weighted by Gasteiger charge is 2.22. The van der Waals surface area contributed by atoms with Gasteiger partial charge in [-0.3, -0.25) is 4.57 Å². The first kappa shape index (κ1) is 15.4. The summed E-state index contributed by atoms with van der Waals surface area (Å²) in [5.74, 6) is 0.592. The number of aromatic nitrogens is 2. The maximum absolute atomic E-state index is 11.9. The number of hydrogen-bond acceptors (Lipinski definition) is 5. The predicted molar refractivity (Wildman–Crippen MR) is 85.1 cm³/mol. The van der Waals surface area contributed by atoms with E-state index in [1.54, 1.807) is 18.7 Å². The van der Waals surface area contributed by atoms with Crippen molar-refractivity contribution in [2.75, 3.05) is 18.6 Å². The molecule has 0 radical (unpaired) electrons. The van der Waals surface area contributed by atoms with E-state index in [0.717, 1.165) is 16.4 Å². The van der Waals surface area contributed by atoms with Gasteiger partial charge in [0.2, 0.25) is 0 Å². The predicted octanol–water partition coefficient (Wildman–Crippen LogP) is 2.92. The van der Waals surface area contributed by atoms with Crippen LogP contribution in [0.25, 0.3) is 5.69 Å². The Morgan fingerprint density at radius 2 is 2.10 bits per heavy atom. The van der Waals surface area contributed by atoms with Gasteiger partial charge in [-0.25, -0.2) is 9.78 Å². The molecule has 0 fully saturated rings. The van der Waals surface area contributed by atoms with Crippen LogP contribution < -0.4 is 5.73 Å². The van der Waals surface area contributed by atoms with Gasteiger partial charge < -0.3 is 10.5 Å². The van der Waals surface area contributed by atoms with E-state index in [2.05, 4.69) is 4.98 Å². The van der Waals surface area contributed by atoms with Crippen molar-refractivity contribution in [3.8, 4) is 5.69 Å². The van der Waals surface area contributed by atoms with Crippen molar-refractivity contribution in [1.29, 1.82) is 0 Å². The third-order valence-electron chi connectivity index (χ3n) is 3.09. The number of hydrogen-bond donors (Lipinski definition) is 1. The van der Waals surface area contributed by atoms with Crippen molar-refractivity contribution in [2.45, 2.75) is 25.2 Å². The van der Waals surface area contributed by atoms with E-state index < -0.39 is 5.97 Å². The van der Waals surface area contributed by atoms with E-state index >= 15 is 0 Å². The zero-order valence-electron chi connectivity index (χ0n) is 12.4. The van der Waals surface area contributed by atoms with E-state index in [0.29, 0.717) is 18.8 Å². The van der Waals surface area contributed by atoms with Gasteiger partial charge in [0, 0.05) is 11.3 Å². The van der Waals surface area contributed by atoms with Crippen LogP contribution in [0.1, 0.15) is 30.2 Å². The third-order valence-corrected chi connectivity index (χ3v) is 3.88. The number of carbonyl (C=O) groups is 1. The number of ether oxygens (including phenoxy) is 1. The number of carbonyl (C=O) groups excluding carboxylic acids is 1. The number of esters is 1. The van der Waals surface area contributed by atoms with Gasteiger partial charge in [0.25, 0.3) is 0 Å². The Morgan fingerprint density at radius 3 is 2.71 bits per heavy atom. The molecule has 0 saturated carbocycles. The minimum Gasteiger partial charge on any atom is -0.461 e. The van der Waals surface area contributed by atoms with E-state index in [-0.39, 0.29) is 5.69 Å². The van der Waals surface area contributed by atoms with Crippen LogP contribution >= 0.6 is 11.8 Å². The van der Waals surface area contributed by atoms with E-state index in [9.17, 15) is 4.79 Å². The van der Waals surface area contributed by atoms with Crippen LogP contribution in [0.3, 0.4) is 0 Å². The second kappa shape index (κ2) is 6.67. The van der Waals surface area contributed by atoms with Crippen LogP contribution in [-0.4, -0.2) is 28.4 Å². The number of thioether (sulfide) groups is 1. The van der Waals surface area contributed by atoms with Gasteiger partial charge in [-0.1, -0.05) is 19.1 Å². The summed E-state index contributed by atoms with van der Waals surface area (Å²) in [5.41, 5.74) is 7.27. The lowest BCUT2D eigenvalue weighted by atomic mass is 10.3. The summed E-state index contributed by atoms with van der Waals surface area (Å²) in [6.07, 6.45) is 2.68. The Morgan fingerprint density at radius 1 is 1.38 bits per heavy atom. The van der Waals surface area contributed by atoms with E-state index in [4.69, 9.17) is 10.5 Å². The molecule has 6 heteroatoms. The second-order valence-electron chi connectivity index (χ2n) is 4.34. The number of benzene rings is 1. The fourth-order valence-corrected chi connectivity index (χ4v) is 2.73. The van der Waals surface area contributed by atoms with Crippen LogP contribution in [-0.2, 0) is 11.2 Å². The summed E-state index contributed by atoms with van der Waals surface area (Å²) in [6.45, 7) is 4.04. The van der Waals surface area contributed by atoms with Gasteiger partial charge in [0.15, 0.2) is 5.69 Å². The van der Waals surface area contributed by atoms with Crippen molar-refractivity contribution < 1.29 is 9.53 Å². The van der Waals surface area contributed by atoms with Crippen molar-refractivity contribution in [1.82, 2.24) is 9.55 Å². The summed E-state index contributed by atoms with van der Waals surface area (Å²) in [7, 11) is 0. The molecule has 21 heavy (non-hydrogen) atoms. The molecule has 2 N–H and O–H groups in total. The molecule has 5 nitrogen and oxygen atoms in total. The lowest BCUT2D eigenvalue weighted by Crippen LogP contribution is -2.10. The zero-order valence-corrected chi connectivity index (χ0v) is 13.2. The van der Waals surface area contributed by atoms with Crippen LogP contribution in [0.5, 0.6) is 0 Å². The number of rotatable bonds is 5. The molecule has 0 aliphatic heterocycles. The number of imidazole rings is 1. The smallest absolute Gasteiger partial charge is 0.360 e. The Labute approximate surface area is 128 Å². The molecule has 1 heterocycles. The van der Waals surface area contributed by atoms with Crippen LogP contribution in [0.4, 0.5) is 5.82 Å². The van der Waals surface area contributed by atoms with Gasteiger partial charge >= 0.3 is 5.97 Å². The molecular weight excluding hydrogens is 286 g/mol. The van der Waals surface area contributed by atoms with Crippen molar-refractivity contribution >= 4 is 23.5 Å². The molecule has 1 aromatic heterocycles. The molecule has 0 saturated heterocycles. The largest absolute Gasteiger partial charge is 0.461 e. The minimum atomic E-state index is -0.481. The summed E-state index contributed by atoms with van der Waals surface area (Å²) in [4.78, 5) is 17.4. The van der Waals surface area contributed by atoms with Crippen LogP contribution in [0.2, 0.25) is 0 Å². The fourth-order valence-electron chi connectivity index (χ4n) is 2.15. The topological polar surface area (TPSA) is 70.1 Å². The molecule has 2 aromatic rings. The maximum atomic E-state index is 11.9. The van der Waals surface area contributed by atoms with Gasteiger partial charge in [0.1, 0.15) is 11.6 Å². The number of nitrogens with two attached hydrogens (primary N) is 1. The molecule has 2 rings (SSSR count). The zero-order chi connectivity index (χ0) is 15.4. The van der Waals surface area contributed by atoms with E-state index in [1.807, 2.05) is 42.0 Å². The highest BCUT2D eigenvalue weighted by Crippen LogP contribution is 2.29. The number of para-hydroxylation sites is 1. The number of aryl methyl sites for hydroxylation is 1. The number of anilines is 1. The van der Waals surface area contributed by atoms with Gasteiger partial charge in [-0.2, -0.15) is 0 Å². The Bertz CT molecular complexity index is 652. The lowest BCUT2D eigenvalue weighted by Gasteiger charge is -2.12. The van der Waals surface area contributed by atoms with Crippen LogP contribution in [0, 0.1) is 0 Å². The minimum absolute atomic E-state index is 0.185. The molecular formula is C15H19N3O2S. The number of nitrogens with zero attached hydrogens (tertiary/aromatic N) is 2. The van der Waals surface area contributed by atoms with Crippen molar-refractivity contribution in [3.05, 3.63) is 35.8 Å². The summed E-state index contributed by atoms with van der Waals surface area (Å²) >= 11 is 1.63. The molecule has 0 atom stereocenters. The molecule has 112 valence electrons. The van der Waals surface area contributed by atoms with Crippen LogP contribution in [0.15, 0.2) is 29.2 Å². The standard InChI is InChI=1S/C15H19N3O2S/c1-4-12-17-13(15(19)20-5-2)14(16)18(12)10-8-6-7-9-11(10)21-3/h6-9H,4-5,16H2,1-3H3. The molecule has 0 aliphatic carbocycles. The molecule has 0 aliphatic rings. The summed E-state index contributed by atoms with van der Waals surface area (Å²) in [6, 6.07) is 7.90. The first-order chi connectivity index (χ1) is 10.1. The van der Waals surface area contributed by atoms with Crippen molar-refractivity contribution in [3.63, 3.8) is 0 Å². The SMILES string of the molecule is CCOC(=O)c1nc(CC)n(-c2ccccc2SC)c1N. The van der Waals surface area contributed by atoms with Crippen molar-refractivity contribution in [2.24, 2.45) is 0 Å². The number of nitrogen functional groups attached to an aromatic ring is 1. The quantitative estimate of drug-likeness (QED) is 0.679. The molecule has 0 spiro atoms. The highest BCUT2D eigenvalue weighted by molar-refractivity contribution is 7.98. The highest BCUT2D eigenvalue weighted by atomic mass is 32.2. The Hall–Kier alpha value is -1.95. The molecule has 1 aromatic carbocycles. The average molecular weight is 305 g/mol. The normalized spacial score (nSPS) is 10.6. The maximum Gasteiger partial charge on any atom is 0.360 e. The monoisotopic (exact) mass is 305 g/mol. The first-order valence-corrected chi connectivity index (χ1v) is 8.04. The fraction of sp³-hybridized carbons (Fsp3) is 0.333. The molecule has 0 unspecified atom stereocenters. The lowest BCUT2D eigenvalue weighted by molar-refractivity contribution is 0.0521. The van der Waals surface area contributed by atoms with Gasteiger partial charge in [0.05, 0.1) is 12.3 Å². The summed E-state index contributed by atoms with van der Waals surface area (Å²) < 4.78 is 6.85. The molecule has 0 amide bonds. The first-order valence-electron chi connectivity index (χ1n) is 6.81. The van der Waals surface area contributed by atoms with E-state index in [1.165, 1.54) is 0 Å². The molecule has 0 bridgehead atoms. The summed E-state index contributed by atoms with van der Waals surface area (Å²) in [5, 5.41) is 0. The van der Waals surface area contributed by atoms with Gasteiger partial charge in [-0.15, -0.1) is 11.8 Å². The average Bonchev–Trinajstić information content (AvgIpc) is 2.84. The van der Waals surface area contributed by atoms with Gasteiger partial charge in [-0.05, 0) is 25.3 Å².